The van der Waals surface area contributed by atoms with Crippen molar-refractivity contribution in [2.75, 3.05) is 0 Å². The summed E-state index contributed by atoms with van der Waals surface area (Å²) in [6.45, 7) is 4.14. The van der Waals surface area contributed by atoms with Crippen LogP contribution in [0.3, 0.4) is 0 Å². The lowest BCUT2D eigenvalue weighted by atomic mass is 10.1. The summed E-state index contributed by atoms with van der Waals surface area (Å²) in [5.41, 5.74) is -0.221. The van der Waals surface area contributed by atoms with Crippen LogP contribution >= 0.6 is 46.7 Å². The molecule has 0 heterocycles. The highest BCUT2D eigenvalue weighted by atomic mass is 35.5. The predicted octanol–water partition coefficient (Wildman–Crippen LogP) is 9.61. The van der Waals surface area contributed by atoms with Gasteiger partial charge in [-0.3, -0.25) is 20.2 Å². The first-order chi connectivity index (χ1) is 19.5. The first kappa shape index (κ1) is 35.7. The second-order valence-electron chi connectivity index (χ2n) is 9.75. The fourth-order valence-corrected chi connectivity index (χ4v) is 10.6. The Morgan fingerprint density at radius 1 is 0.683 bits per heavy atom. The van der Waals surface area contributed by atoms with Crippen molar-refractivity contribution in [2.24, 2.45) is 0 Å². The normalized spacial score (nSPS) is 14.7. The van der Waals surface area contributed by atoms with Crippen LogP contribution in [0.25, 0.3) is 0 Å². The molecule has 2 aromatic rings. The molecule has 8 nitrogen and oxygen atoms in total. The SMILES string of the molecule is CCCCCCC(Sc1ccccc1[N+](=O)[O-])C(Cl)S(=O)(=O)C(Cl)C(CCCCCC)Sc1ccccc1[N+](=O)[O-]. The maximum absolute atomic E-state index is 14.0. The Morgan fingerprint density at radius 2 is 1.05 bits per heavy atom. The fourth-order valence-electron chi connectivity index (χ4n) is 4.32. The summed E-state index contributed by atoms with van der Waals surface area (Å²) in [7, 11) is -4.18. The number of unbranched alkanes of at least 4 members (excludes halogenated alkanes) is 6. The number of hydrogen-bond donors (Lipinski definition) is 0. The van der Waals surface area contributed by atoms with E-state index in [1.807, 2.05) is 0 Å². The highest BCUT2D eigenvalue weighted by Gasteiger charge is 2.42. The van der Waals surface area contributed by atoms with Crippen molar-refractivity contribution < 1.29 is 18.3 Å². The van der Waals surface area contributed by atoms with E-state index in [2.05, 4.69) is 13.8 Å². The highest BCUT2D eigenvalue weighted by molar-refractivity contribution is 8.04. The van der Waals surface area contributed by atoms with Gasteiger partial charge in [0.1, 0.15) is 9.42 Å². The van der Waals surface area contributed by atoms with Gasteiger partial charge in [-0.05, 0) is 25.0 Å². The molecule has 4 unspecified atom stereocenters. The van der Waals surface area contributed by atoms with Gasteiger partial charge in [-0.1, -0.05) is 89.5 Å². The molecule has 0 fully saturated rings. The highest BCUT2D eigenvalue weighted by Crippen LogP contribution is 2.43. The van der Waals surface area contributed by atoms with Gasteiger partial charge in [0.25, 0.3) is 11.4 Å². The minimum absolute atomic E-state index is 0.111. The van der Waals surface area contributed by atoms with Crippen molar-refractivity contribution in [2.45, 2.75) is 108 Å². The van der Waals surface area contributed by atoms with Gasteiger partial charge in [-0.15, -0.1) is 46.7 Å². The number of benzene rings is 2. The van der Waals surface area contributed by atoms with Gasteiger partial charge in [-0.25, -0.2) is 8.42 Å². The monoisotopic (exact) mass is 664 g/mol. The summed E-state index contributed by atoms with van der Waals surface area (Å²) in [6, 6.07) is 12.4. The molecule has 13 heteroatoms. The van der Waals surface area contributed by atoms with Crippen LogP contribution in [0.4, 0.5) is 11.4 Å². The number of hydrogen-bond acceptors (Lipinski definition) is 8. The molecule has 228 valence electrons. The van der Waals surface area contributed by atoms with E-state index in [0.717, 1.165) is 62.0 Å². The molecule has 2 aromatic carbocycles. The van der Waals surface area contributed by atoms with Crippen molar-refractivity contribution in [1.82, 2.24) is 0 Å². The maximum atomic E-state index is 14.0. The Morgan fingerprint density at radius 3 is 1.39 bits per heavy atom. The predicted molar refractivity (Wildman–Crippen MR) is 171 cm³/mol. The summed E-state index contributed by atoms with van der Waals surface area (Å²) in [4.78, 5) is 23.0. The van der Waals surface area contributed by atoms with Crippen molar-refractivity contribution in [1.29, 1.82) is 0 Å². The molecule has 0 saturated heterocycles. The Kier molecular flexibility index (Phi) is 15.8. The molecule has 0 aliphatic heterocycles. The Hall–Kier alpha value is -1.53. The van der Waals surface area contributed by atoms with Gasteiger partial charge in [0.15, 0.2) is 9.84 Å². The number of rotatable bonds is 20. The minimum atomic E-state index is -4.18. The number of halogens is 2. The molecule has 0 spiro atoms. The fraction of sp³-hybridized carbons (Fsp3) is 0.571. The van der Waals surface area contributed by atoms with Crippen molar-refractivity contribution >= 4 is 67.9 Å². The topological polar surface area (TPSA) is 120 Å². The molecule has 0 N–H and O–H groups in total. The Bertz CT molecular complexity index is 1150. The molecule has 0 aromatic heterocycles. The zero-order chi connectivity index (χ0) is 30.4. The van der Waals surface area contributed by atoms with Crippen molar-refractivity contribution in [3.8, 4) is 0 Å². The zero-order valence-corrected chi connectivity index (χ0v) is 27.3. The van der Waals surface area contributed by atoms with Crippen LogP contribution in [0.1, 0.15) is 78.1 Å². The van der Waals surface area contributed by atoms with Crippen LogP contribution in [-0.4, -0.2) is 38.2 Å². The first-order valence-electron chi connectivity index (χ1n) is 13.9. The average molecular weight is 666 g/mol. The van der Waals surface area contributed by atoms with E-state index in [1.165, 1.54) is 12.1 Å². The van der Waals surface area contributed by atoms with Crippen LogP contribution in [0.5, 0.6) is 0 Å². The Labute approximate surface area is 261 Å². The van der Waals surface area contributed by atoms with E-state index in [0.29, 0.717) is 35.5 Å². The second kappa shape index (κ2) is 18.2. The summed E-state index contributed by atoms with van der Waals surface area (Å²) >= 11 is 15.7. The molecule has 2 rings (SSSR count). The van der Waals surface area contributed by atoms with Crippen LogP contribution < -0.4 is 0 Å². The molecule has 0 radical (unpaired) electrons. The standard InChI is InChI=1S/C28H38Cl2N2O6S3/c1-3-5-7-9-19-25(39-23-17-13-11-15-21(23)31(33)34)27(29)41(37,38)28(30)26(20-10-8-6-4-2)40-24-18-14-12-16-22(24)32(35)36/h11-18,25-28H,3-10,19-20H2,1-2H3. The molecule has 4 atom stereocenters. The van der Waals surface area contributed by atoms with Crippen LogP contribution in [0.2, 0.25) is 0 Å². The number of sulfone groups is 1. The van der Waals surface area contributed by atoms with E-state index in [-0.39, 0.29) is 11.4 Å². The molecule has 0 aliphatic rings. The lowest BCUT2D eigenvalue weighted by molar-refractivity contribution is -0.387. The van der Waals surface area contributed by atoms with Crippen LogP contribution in [0.15, 0.2) is 58.3 Å². The largest absolute Gasteiger partial charge is 0.282 e. The number of alkyl halides is 2. The quantitative estimate of drug-likeness (QED) is 0.0451. The first-order valence-corrected chi connectivity index (χ1v) is 18.1. The van der Waals surface area contributed by atoms with Gasteiger partial charge in [0.05, 0.1) is 19.6 Å². The van der Waals surface area contributed by atoms with E-state index < -0.39 is 39.6 Å². The smallest absolute Gasteiger partial charge is 0.258 e. The van der Waals surface area contributed by atoms with Gasteiger partial charge in [-0.2, -0.15) is 0 Å². The van der Waals surface area contributed by atoms with Crippen LogP contribution in [0, 0.1) is 20.2 Å². The van der Waals surface area contributed by atoms with Gasteiger partial charge in [0, 0.05) is 22.6 Å². The van der Waals surface area contributed by atoms with E-state index >= 15 is 0 Å². The number of nitro groups is 2. The summed E-state index contributed by atoms with van der Waals surface area (Å²) in [5, 5.41) is 21.9. The molecule has 0 saturated carbocycles. The van der Waals surface area contributed by atoms with Gasteiger partial charge in [0.2, 0.25) is 0 Å². The summed E-state index contributed by atoms with van der Waals surface area (Å²) < 4.78 is 25.1. The lowest BCUT2D eigenvalue weighted by Gasteiger charge is -2.28. The molecule has 0 amide bonds. The van der Waals surface area contributed by atoms with Crippen molar-refractivity contribution in [3.63, 3.8) is 0 Å². The number of nitrogens with zero attached hydrogens (tertiary/aromatic N) is 2. The Balaban J connectivity index is 2.39. The molecule has 0 aliphatic carbocycles. The van der Waals surface area contributed by atoms with E-state index in [4.69, 9.17) is 23.2 Å². The van der Waals surface area contributed by atoms with Crippen molar-refractivity contribution in [3.05, 3.63) is 68.8 Å². The third-order valence-corrected chi connectivity index (χ3v) is 14.1. The minimum Gasteiger partial charge on any atom is -0.258 e. The zero-order valence-electron chi connectivity index (χ0n) is 23.3. The lowest BCUT2D eigenvalue weighted by Crippen LogP contribution is -2.37. The second-order valence-corrected chi connectivity index (χ2v) is 16.0. The molecule has 0 bridgehead atoms. The maximum Gasteiger partial charge on any atom is 0.282 e. The summed E-state index contributed by atoms with van der Waals surface area (Å²) in [5.74, 6) is 0. The van der Waals surface area contributed by atoms with Gasteiger partial charge >= 0.3 is 0 Å². The summed E-state index contributed by atoms with van der Waals surface area (Å²) in [6.07, 6.45) is 8.01. The molecule has 41 heavy (non-hydrogen) atoms. The van der Waals surface area contributed by atoms with E-state index in [1.54, 1.807) is 36.4 Å². The van der Waals surface area contributed by atoms with Crippen LogP contribution in [-0.2, 0) is 9.84 Å². The number of thioether (sulfide) groups is 2. The average Bonchev–Trinajstić information content (AvgIpc) is 2.95. The third-order valence-electron chi connectivity index (χ3n) is 6.58. The number of nitro benzene ring substituents is 2. The molecular formula is C28H38Cl2N2O6S3. The third kappa shape index (κ3) is 10.9. The number of para-hydroxylation sites is 2. The molecular weight excluding hydrogens is 627 g/mol. The van der Waals surface area contributed by atoms with E-state index in [9.17, 15) is 28.6 Å². The van der Waals surface area contributed by atoms with Gasteiger partial charge < -0.3 is 0 Å².